The highest BCUT2D eigenvalue weighted by Gasteiger charge is 2.52. The zero-order chi connectivity index (χ0) is 38.6. The molecule has 11 nitrogen and oxygen atoms in total. The van der Waals surface area contributed by atoms with Crippen molar-refractivity contribution in [1.29, 1.82) is 0 Å². The maximum atomic E-state index is 13.6. The fraction of sp³-hybridized carbons (Fsp3) is 0.256. The lowest BCUT2D eigenvalue weighted by molar-refractivity contribution is -0.170. The van der Waals surface area contributed by atoms with E-state index in [2.05, 4.69) is 10.6 Å². The van der Waals surface area contributed by atoms with Gasteiger partial charge in [-0.15, -0.1) is 0 Å². The number of carbonyl (C=O) groups excluding carboxylic acids is 5. The summed E-state index contributed by atoms with van der Waals surface area (Å²) in [5, 5.41) is 5.21. The van der Waals surface area contributed by atoms with Gasteiger partial charge >= 0.3 is 24.1 Å². The summed E-state index contributed by atoms with van der Waals surface area (Å²) in [6.07, 6.45) is -4.94. The van der Waals surface area contributed by atoms with Crippen molar-refractivity contribution in [2.45, 2.75) is 31.9 Å². The number of ether oxygens (including phenoxy) is 4. The summed E-state index contributed by atoms with van der Waals surface area (Å²) in [6, 6.07) is 22.8. The van der Waals surface area contributed by atoms with Gasteiger partial charge in [0.15, 0.2) is 0 Å². The lowest BCUT2D eigenvalue weighted by Gasteiger charge is -2.29. The Morgan fingerprint density at radius 3 is 1.91 bits per heavy atom. The minimum absolute atomic E-state index is 0.0515. The van der Waals surface area contributed by atoms with E-state index < -0.39 is 59.9 Å². The first-order chi connectivity index (χ1) is 25.3. The van der Waals surface area contributed by atoms with Gasteiger partial charge in [-0.1, -0.05) is 66.7 Å². The van der Waals surface area contributed by atoms with Crippen LogP contribution in [0.2, 0.25) is 0 Å². The number of methoxy groups -OCH3 is 1. The molecule has 0 aromatic heterocycles. The fourth-order valence-electron chi connectivity index (χ4n) is 5.35. The number of amides is 2. The number of nitrogens with one attached hydrogen (secondary N) is 2. The van der Waals surface area contributed by atoms with E-state index in [1.165, 1.54) is 55.6 Å². The van der Waals surface area contributed by atoms with Crippen LogP contribution in [0.3, 0.4) is 0 Å². The molecule has 0 unspecified atom stereocenters. The molecule has 0 aliphatic heterocycles. The Kier molecular flexibility index (Phi) is 13.5. The standard InChI is InChI=1S/C39H37F3N2O9/c1-4-51-36(48)38(37(49)52-5-2,27-11-7-6-8-12-27)23-53-33(45)22-25-15-20-32(31(21-25)34(46)43-24-50-3)44-35(47)30-14-10-9-13-29(30)26-16-18-28(19-17-26)39(40,41)42/h6-21H,4-5,22-24H2,1-3H3,(H,43,46)(H,44,47). The predicted octanol–water partition coefficient (Wildman–Crippen LogP) is 6.11. The lowest BCUT2D eigenvalue weighted by Crippen LogP contribution is -2.50. The Bertz CT molecular complexity index is 1910. The molecule has 0 heterocycles. The van der Waals surface area contributed by atoms with Crippen LogP contribution in [-0.4, -0.2) is 63.4 Å². The molecule has 0 spiro atoms. The SMILES string of the molecule is CCOC(=O)C(COC(=O)Cc1ccc(NC(=O)c2ccccc2-c2ccc(C(F)(F)F)cc2)c(C(=O)NCOC)c1)(C(=O)OCC)c1ccccc1. The number of alkyl halides is 3. The number of rotatable bonds is 15. The molecule has 53 heavy (non-hydrogen) atoms. The maximum absolute atomic E-state index is 13.6. The molecule has 14 heteroatoms. The second-order valence-electron chi connectivity index (χ2n) is 11.4. The first-order valence-electron chi connectivity index (χ1n) is 16.4. The lowest BCUT2D eigenvalue weighted by atomic mass is 9.81. The van der Waals surface area contributed by atoms with Gasteiger partial charge in [-0.25, -0.2) is 0 Å². The van der Waals surface area contributed by atoms with E-state index in [4.69, 9.17) is 18.9 Å². The molecule has 0 aliphatic rings. The van der Waals surface area contributed by atoms with Crippen molar-refractivity contribution in [3.8, 4) is 11.1 Å². The highest BCUT2D eigenvalue weighted by Crippen LogP contribution is 2.33. The van der Waals surface area contributed by atoms with E-state index in [1.807, 2.05) is 0 Å². The smallest absolute Gasteiger partial charge is 0.416 e. The van der Waals surface area contributed by atoms with Crippen molar-refractivity contribution in [3.63, 3.8) is 0 Å². The van der Waals surface area contributed by atoms with Crippen LogP contribution in [0.5, 0.6) is 0 Å². The molecule has 0 radical (unpaired) electrons. The molecule has 4 rings (SSSR count). The molecular formula is C39H37F3N2O9. The molecule has 0 saturated heterocycles. The monoisotopic (exact) mass is 734 g/mol. The number of halogens is 3. The molecule has 2 amide bonds. The molecule has 0 fully saturated rings. The predicted molar refractivity (Wildman–Crippen MR) is 187 cm³/mol. The summed E-state index contributed by atoms with van der Waals surface area (Å²) in [5.41, 5.74) is -1.65. The van der Waals surface area contributed by atoms with E-state index in [0.717, 1.165) is 12.1 Å². The topological polar surface area (TPSA) is 146 Å². The Balaban J connectivity index is 1.60. The van der Waals surface area contributed by atoms with Crippen LogP contribution >= 0.6 is 0 Å². The van der Waals surface area contributed by atoms with Gasteiger partial charge in [0.2, 0.25) is 5.41 Å². The van der Waals surface area contributed by atoms with Crippen molar-refractivity contribution in [3.05, 3.63) is 125 Å². The van der Waals surface area contributed by atoms with Crippen molar-refractivity contribution in [2.24, 2.45) is 0 Å². The number of benzene rings is 4. The third-order valence-corrected chi connectivity index (χ3v) is 7.96. The molecule has 0 bridgehead atoms. The van der Waals surface area contributed by atoms with Gasteiger partial charge in [-0.05, 0) is 66.4 Å². The van der Waals surface area contributed by atoms with Crippen molar-refractivity contribution in [2.75, 3.05) is 39.0 Å². The van der Waals surface area contributed by atoms with Crippen LogP contribution in [0.25, 0.3) is 11.1 Å². The molecular weight excluding hydrogens is 697 g/mol. The Hall–Kier alpha value is -6.02. The van der Waals surface area contributed by atoms with Gasteiger partial charge in [-0.3, -0.25) is 24.0 Å². The van der Waals surface area contributed by atoms with Gasteiger partial charge in [-0.2, -0.15) is 13.2 Å². The van der Waals surface area contributed by atoms with Crippen LogP contribution < -0.4 is 10.6 Å². The van der Waals surface area contributed by atoms with E-state index in [0.29, 0.717) is 11.1 Å². The minimum Gasteiger partial charge on any atom is -0.465 e. The maximum Gasteiger partial charge on any atom is 0.416 e. The summed E-state index contributed by atoms with van der Waals surface area (Å²) in [7, 11) is 1.36. The zero-order valence-electron chi connectivity index (χ0n) is 29.1. The average molecular weight is 735 g/mol. The fourth-order valence-corrected chi connectivity index (χ4v) is 5.35. The molecule has 4 aromatic carbocycles. The Labute approximate surface area is 303 Å². The largest absolute Gasteiger partial charge is 0.465 e. The Morgan fingerprint density at radius 1 is 0.679 bits per heavy atom. The second kappa shape index (κ2) is 18.0. The Morgan fingerprint density at radius 2 is 1.30 bits per heavy atom. The molecule has 278 valence electrons. The normalized spacial score (nSPS) is 11.3. The molecule has 0 aliphatic carbocycles. The van der Waals surface area contributed by atoms with Crippen molar-refractivity contribution < 1.29 is 56.1 Å². The third-order valence-electron chi connectivity index (χ3n) is 7.96. The highest BCUT2D eigenvalue weighted by molar-refractivity contribution is 6.12. The van der Waals surface area contributed by atoms with E-state index in [-0.39, 0.29) is 47.9 Å². The second-order valence-corrected chi connectivity index (χ2v) is 11.4. The summed E-state index contributed by atoms with van der Waals surface area (Å²) in [4.78, 5) is 66.6. The minimum atomic E-state index is -4.53. The van der Waals surface area contributed by atoms with Gasteiger partial charge in [0.05, 0.1) is 36.4 Å². The summed E-state index contributed by atoms with van der Waals surface area (Å²) >= 11 is 0. The summed E-state index contributed by atoms with van der Waals surface area (Å²) in [5.74, 6) is -4.11. The highest BCUT2D eigenvalue weighted by atomic mass is 19.4. The van der Waals surface area contributed by atoms with Crippen LogP contribution in [-0.2, 0) is 51.3 Å². The molecule has 0 atom stereocenters. The van der Waals surface area contributed by atoms with Crippen molar-refractivity contribution in [1.82, 2.24) is 5.32 Å². The number of esters is 3. The zero-order valence-corrected chi connectivity index (χ0v) is 29.1. The quantitative estimate of drug-likeness (QED) is 0.0640. The number of carbonyl (C=O) groups is 5. The first-order valence-corrected chi connectivity index (χ1v) is 16.4. The number of hydrogen-bond donors (Lipinski definition) is 2. The van der Waals surface area contributed by atoms with E-state index in [1.54, 1.807) is 50.2 Å². The molecule has 2 N–H and O–H groups in total. The summed E-state index contributed by atoms with van der Waals surface area (Å²) in [6.45, 7) is 2.10. The van der Waals surface area contributed by atoms with E-state index >= 15 is 0 Å². The molecule has 0 saturated carbocycles. The van der Waals surface area contributed by atoms with Crippen LogP contribution in [0.15, 0.2) is 97.1 Å². The van der Waals surface area contributed by atoms with Gasteiger partial charge in [0, 0.05) is 12.7 Å². The van der Waals surface area contributed by atoms with Crippen LogP contribution in [0, 0.1) is 0 Å². The van der Waals surface area contributed by atoms with Gasteiger partial charge in [0.25, 0.3) is 11.8 Å². The number of anilines is 1. The number of hydrogen-bond acceptors (Lipinski definition) is 9. The van der Waals surface area contributed by atoms with Crippen LogP contribution in [0.1, 0.15) is 51.3 Å². The first kappa shape index (κ1) is 39.8. The molecule has 4 aromatic rings. The summed E-state index contributed by atoms with van der Waals surface area (Å²) < 4.78 is 60.3. The van der Waals surface area contributed by atoms with Gasteiger partial charge in [0.1, 0.15) is 13.3 Å². The van der Waals surface area contributed by atoms with Gasteiger partial charge < -0.3 is 29.6 Å². The third kappa shape index (κ3) is 9.65. The van der Waals surface area contributed by atoms with Crippen molar-refractivity contribution >= 4 is 35.4 Å². The average Bonchev–Trinajstić information content (AvgIpc) is 3.15. The van der Waals surface area contributed by atoms with Crippen LogP contribution in [0.4, 0.5) is 18.9 Å². The van der Waals surface area contributed by atoms with E-state index in [9.17, 15) is 37.1 Å².